The molecule has 20 heavy (non-hydrogen) atoms. The van der Waals surface area contributed by atoms with Crippen LogP contribution in [-0.2, 0) is 0 Å². The highest BCUT2D eigenvalue weighted by molar-refractivity contribution is 9.10. The van der Waals surface area contributed by atoms with E-state index in [0.717, 1.165) is 54.5 Å². The maximum atomic E-state index is 4.64. The normalized spacial score (nSPS) is 16.6. The first-order chi connectivity index (χ1) is 9.76. The van der Waals surface area contributed by atoms with Crippen molar-refractivity contribution >= 4 is 21.9 Å². The first kappa shape index (κ1) is 13.5. The number of imidazole rings is 1. The molecule has 0 amide bonds. The zero-order chi connectivity index (χ0) is 13.9. The Morgan fingerprint density at radius 3 is 2.20 bits per heavy atom. The van der Waals surface area contributed by atoms with Crippen LogP contribution in [0.4, 0.5) is 5.95 Å². The summed E-state index contributed by atoms with van der Waals surface area (Å²) in [5, 5.41) is 0. The van der Waals surface area contributed by atoms with Crippen LogP contribution in [-0.4, -0.2) is 47.6 Å². The summed E-state index contributed by atoms with van der Waals surface area (Å²) >= 11 is 3.46. The van der Waals surface area contributed by atoms with Gasteiger partial charge < -0.3 is 4.90 Å². The van der Waals surface area contributed by atoms with Crippen molar-refractivity contribution in [3.8, 4) is 11.4 Å². The van der Waals surface area contributed by atoms with Crippen LogP contribution in [0.5, 0.6) is 0 Å². The largest absolute Gasteiger partial charge is 0.338 e. The number of rotatable bonds is 3. The summed E-state index contributed by atoms with van der Waals surface area (Å²) in [5.74, 6) is 0.848. The van der Waals surface area contributed by atoms with Crippen molar-refractivity contribution in [1.82, 2.24) is 14.9 Å². The van der Waals surface area contributed by atoms with Gasteiger partial charge in [0.2, 0.25) is 5.95 Å². The third-order valence-corrected chi connectivity index (χ3v) is 4.08. The molecule has 0 unspecified atom stereocenters. The van der Waals surface area contributed by atoms with E-state index >= 15 is 0 Å². The Balaban J connectivity index is 1.77. The number of nitrogens with zero attached hydrogens (tertiary/aromatic N) is 4. The average Bonchev–Trinajstić information content (AvgIpc) is 2.79. The van der Waals surface area contributed by atoms with Crippen LogP contribution in [0.3, 0.4) is 0 Å². The van der Waals surface area contributed by atoms with Gasteiger partial charge in [0, 0.05) is 37.2 Å². The molecule has 0 aromatic heterocycles. The molecule has 0 atom stereocenters. The van der Waals surface area contributed by atoms with Crippen LogP contribution in [0, 0.1) is 0 Å². The molecule has 2 aliphatic heterocycles. The molecule has 104 valence electrons. The Morgan fingerprint density at radius 2 is 1.65 bits per heavy atom. The molecule has 0 radical (unpaired) electrons. The van der Waals surface area contributed by atoms with Crippen LogP contribution in [0.1, 0.15) is 0 Å². The van der Waals surface area contributed by atoms with Crippen LogP contribution < -0.4 is 4.90 Å². The molecule has 4 nitrogen and oxygen atoms in total. The highest BCUT2D eigenvalue weighted by atomic mass is 79.9. The Morgan fingerprint density at radius 1 is 1.05 bits per heavy atom. The number of fused-ring (bicyclic) bond motifs is 1. The van der Waals surface area contributed by atoms with Gasteiger partial charge in [-0.15, -0.1) is 6.58 Å². The molecular formula is C15H17BrN4. The molecule has 0 aromatic carbocycles. The lowest BCUT2D eigenvalue weighted by molar-refractivity contribution is 0.283. The first-order valence-corrected chi connectivity index (χ1v) is 7.57. The molecule has 2 heterocycles. The topological polar surface area (TPSA) is 32.3 Å². The summed E-state index contributed by atoms with van der Waals surface area (Å²) in [7, 11) is 0. The summed E-state index contributed by atoms with van der Waals surface area (Å²) in [6, 6.07) is 8.01. The van der Waals surface area contributed by atoms with Gasteiger partial charge in [0.25, 0.3) is 0 Å². The fraction of sp³-hybridized carbons (Fsp3) is 0.333. The maximum absolute atomic E-state index is 4.64. The Kier molecular flexibility index (Phi) is 3.98. The molecule has 0 spiro atoms. The number of hydrogen-bond acceptors (Lipinski definition) is 4. The quantitative estimate of drug-likeness (QED) is 0.809. The molecule has 0 aromatic rings. The number of aromatic nitrogens is 2. The minimum absolute atomic E-state index is 0.848. The predicted octanol–water partition coefficient (Wildman–Crippen LogP) is 2.65. The van der Waals surface area contributed by atoms with Crippen LogP contribution in [0.25, 0.3) is 11.4 Å². The summed E-state index contributed by atoms with van der Waals surface area (Å²) in [6.07, 6.45) is 1.96. The lowest BCUT2D eigenvalue weighted by atomic mass is 10.3. The van der Waals surface area contributed by atoms with Gasteiger partial charge in [-0.2, -0.15) is 0 Å². The number of anilines is 1. The standard InChI is InChI=1S/C15H17BrN4/c1-2-7-19-8-10-20(11-9-19)15-17-13-5-3-12(16)4-6-14(13)18-15/h2-6H,1,7-11H2. The molecule has 3 aliphatic rings. The van der Waals surface area contributed by atoms with Gasteiger partial charge in [0.05, 0.1) is 11.4 Å². The highest BCUT2D eigenvalue weighted by Crippen LogP contribution is 2.24. The fourth-order valence-electron chi connectivity index (χ4n) is 2.43. The SMILES string of the molecule is C=CCN1CCN(c2nc3ccc(Br)ccc-3n2)CC1. The van der Waals surface area contributed by atoms with Gasteiger partial charge in [0.1, 0.15) is 0 Å². The van der Waals surface area contributed by atoms with Crippen molar-refractivity contribution in [2.75, 3.05) is 37.6 Å². The summed E-state index contributed by atoms with van der Waals surface area (Å²) in [6.45, 7) is 8.77. The minimum atomic E-state index is 0.848. The smallest absolute Gasteiger partial charge is 0.226 e. The van der Waals surface area contributed by atoms with Crippen molar-refractivity contribution in [3.63, 3.8) is 0 Å². The van der Waals surface area contributed by atoms with Crippen LogP contribution >= 0.6 is 15.9 Å². The summed E-state index contributed by atoms with van der Waals surface area (Å²) in [5.41, 5.74) is 1.89. The maximum Gasteiger partial charge on any atom is 0.226 e. The van der Waals surface area contributed by atoms with Crippen molar-refractivity contribution in [2.45, 2.75) is 0 Å². The van der Waals surface area contributed by atoms with Gasteiger partial charge in [0.15, 0.2) is 0 Å². The van der Waals surface area contributed by atoms with Crippen LogP contribution in [0.2, 0.25) is 0 Å². The van der Waals surface area contributed by atoms with Crippen molar-refractivity contribution in [3.05, 3.63) is 41.4 Å². The number of hydrogen-bond donors (Lipinski definition) is 0. The molecule has 1 fully saturated rings. The average molecular weight is 333 g/mol. The van der Waals surface area contributed by atoms with Gasteiger partial charge >= 0.3 is 0 Å². The lowest BCUT2D eigenvalue weighted by Gasteiger charge is -2.33. The van der Waals surface area contributed by atoms with Gasteiger partial charge in [-0.3, -0.25) is 4.90 Å². The fourth-order valence-corrected chi connectivity index (χ4v) is 2.69. The second kappa shape index (κ2) is 5.89. The van der Waals surface area contributed by atoms with Crippen molar-refractivity contribution in [1.29, 1.82) is 0 Å². The second-order valence-electron chi connectivity index (χ2n) is 4.92. The van der Waals surface area contributed by atoms with E-state index in [0.29, 0.717) is 0 Å². The van der Waals surface area contributed by atoms with E-state index in [1.54, 1.807) is 0 Å². The van der Waals surface area contributed by atoms with Gasteiger partial charge in [-0.25, -0.2) is 9.97 Å². The van der Waals surface area contributed by atoms with E-state index in [4.69, 9.17) is 0 Å². The van der Waals surface area contributed by atoms with E-state index in [1.807, 2.05) is 30.3 Å². The number of piperazine rings is 1. The Hall–Kier alpha value is -1.46. The molecule has 0 saturated carbocycles. The zero-order valence-corrected chi connectivity index (χ0v) is 12.9. The molecule has 5 heteroatoms. The molecular weight excluding hydrogens is 316 g/mol. The molecule has 3 rings (SSSR count). The van der Waals surface area contributed by atoms with Gasteiger partial charge in [-0.05, 0) is 24.3 Å². The van der Waals surface area contributed by atoms with E-state index in [-0.39, 0.29) is 0 Å². The van der Waals surface area contributed by atoms with E-state index in [1.165, 1.54) is 0 Å². The zero-order valence-electron chi connectivity index (χ0n) is 11.3. The third-order valence-electron chi connectivity index (χ3n) is 3.55. The summed E-state index contributed by atoms with van der Waals surface area (Å²) in [4.78, 5) is 13.9. The molecule has 1 saturated heterocycles. The lowest BCUT2D eigenvalue weighted by Crippen LogP contribution is -2.46. The summed E-state index contributed by atoms with van der Waals surface area (Å²) < 4.78 is 1.04. The van der Waals surface area contributed by atoms with Gasteiger partial charge in [-0.1, -0.05) is 22.0 Å². The minimum Gasteiger partial charge on any atom is -0.338 e. The van der Waals surface area contributed by atoms with Crippen LogP contribution in [0.15, 0.2) is 41.4 Å². The molecule has 0 bridgehead atoms. The highest BCUT2D eigenvalue weighted by Gasteiger charge is 2.20. The van der Waals surface area contributed by atoms with E-state index in [9.17, 15) is 0 Å². The Labute approximate surface area is 127 Å². The van der Waals surface area contributed by atoms with Crippen molar-refractivity contribution < 1.29 is 0 Å². The third kappa shape index (κ3) is 2.83. The predicted molar refractivity (Wildman–Crippen MR) is 85.2 cm³/mol. The van der Waals surface area contributed by atoms with E-state index in [2.05, 4.69) is 42.3 Å². The molecule has 1 aliphatic carbocycles. The number of halogens is 1. The Bertz CT molecular complexity index is 544. The van der Waals surface area contributed by atoms with E-state index < -0.39 is 0 Å². The monoisotopic (exact) mass is 332 g/mol. The second-order valence-corrected chi connectivity index (χ2v) is 5.84. The van der Waals surface area contributed by atoms with Crippen molar-refractivity contribution in [2.24, 2.45) is 0 Å². The molecule has 0 N–H and O–H groups in total. The first-order valence-electron chi connectivity index (χ1n) is 6.78.